The topological polar surface area (TPSA) is 131 Å². The Morgan fingerprint density at radius 2 is 0.469 bits per heavy atom. The quantitative estimate of drug-likeness (QED) is 0.139. The molecule has 0 aliphatic heterocycles. The van der Waals surface area contributed by atoms with Crippen molar-refractivity contribution in [1.82, 2.24) is 58.6 Å². The number of rotatable bonds is 9. The summed E-state index contributed by atoms with van der Waals surface area (Å²) in [6, 6.07) is 74.3. The highest BCUT2D eigenvalue weighted by molar-refractivity contribution is 6.10. The predicted octanol–water partition coefficient (Wildman–Crippen LogP) is 15.5. The summed E-state index contributed by atoms with van der Waals surface area (Å²) in [6.07, 6.45) is 11.2. The molecule has 0 bridgehead atoms. The van der Waals surface area contributed by atoms with E-state index in [0.29, 0.717) is 0 Å². The van der Waals surface area contributed by atoms with Crippen molar-refractivity contribution >= 4 is 65.4 Å². The van der Waals surface area contributed by atoms with Gasteiger partial charge in [-0.3, -0.25) is 28.7 Å². The molecule has 0 fully saturated rings. The fraction of sp³-hybridized carbons (Fsp3) is 0. The van der Waals surface area contributed by atoms with Crippen molar-refractivity contribution in [3.8, 4) is 85.4 Å². The van der Waals surface area contributed by atoms with Gasteiger partial charge in [0.15, 0.2) is 0 Å². The van der Waals surface area contributed by atoms with E-state index in [9.17, 15) is 0 Å². The maximum Gasteiger partial charge on any atom is 0.138 e. The fourth-order valence-electron chi connectivity index (χ4n) is 11.5. The van der Waals surface area contributed by atoms with Crippen molar-refractivity contribution in [2.24, 2.45) is 0 Å². The average molecular weight is 1040 g/mol. The first-order chi connectivity index (χ1) is 40.1. The van der Waals surface area contributed by atoms with Gasteiger partial charge in [-0.2, -0.15) is 0 Å². The summed E-state index contributed by atoms with van der Waals surface area (Å²) in [4.78, 5) is 45.3. The molecule has 4 aromatic carbocycles. The van der Waals surface area contributed by atoms with E-state index in [-0.39, 0.29) is 0 Å². The Labute approximate surface area is 462 Å². The lowest BCUT2D eigenvalue weighted by atomic mass is 9.98. The van der Waals surface area contributed by atoms with Crippen molar-refractivity contribution in [2.45, 2.75) is 0 Å². The van der Waals surface area contributed by atoms with Gasteiger partial charge >= 0.3 is 0 Å². The van der Waals surface area contributed by atoms with Gasteiger partial charge < -0.3 is 0 Å². The van der Waals surface area contributed by atoms with Crippen LogP contribution in [0.3, 0.4) is 0 Å². The SMILES string of the molecule is c1cc(-c2cc(-c3cccc(-c4cccc(-n5c6ccccc6c6cnccc65)n4)n3)cc(-c3cccc(-c4cccc(-n5c6ccccc6c6cnccc65)n4)n3)c2)nc(-c2cccc(-n3c4ccccc4c4cnccc43)n2)c1. The molecule has 12 aromatic heterocycles. The van der Waals surface area contributed by atoms with Gasteiger partial charge in [0.05, 0.1) is 84.3 Å². The molecule has 16 rings (SSSR count). The zero-order valence-electron chi connectivity index (χ0n) is 43.1. The monoisotopic (exact) mass is 1040 g/mol. The highest BCUT2D eigenvalue weighted by atomic mass is 15.1. The number of pyridine rings is 9. The Hall–Kier alpha value is -11.4. The second-order valence-electron chi connectivity index (χ2n) is 19.9. The van der Waals surface area contributed by atoms with Gasteiger partial charge in [0.2, 0.25) is 0 Å². The molecule has 0 spiro atoms. The van der Waals surface area contributed by atoms with Crippen LogP contribution in [0.5, 0.6) is 0 Å². The molecule has 378 valence electrons. The molecule has 0 atom stereocenters. The van der Waals surface area contributed by atoms with Gasteiger partial charge in [-0.05, 0) is 127 Å². The van der Waals surface area contributed by atoms with Crippen LogP contribution in [0, 0.1) is 0 Å². The summed E-state index contributed by atoms with van der Waals surface area (Å²) in [5, 5.41) is 6.56. The zero-order chi connectivity index (χ0) is 53.4. The molecule has 12 heterocycles. The van der Waals surface area contributed by atoms with Crippen LogP contribution in [0.25, 0.3) is 151 Å². The van der Waals surface area contributed by atoms with Gasteiger partial charge in [-0.1, -0.05) is 91.0 Å². The molecular weight excluding hydrogens is 997 g/mol. The number of hydrogen-bond acceptors (Lipinski definition) is 9. The third kappa shape index (κ3) is 7.72. The highest BCUT2D eigenvalue weighted by Crippen LogP contribution is 2.37. The maximum absolute atomic E-state index is 5.36. The first-order valence-corrected chi connectivity index (χ1v) is 26.7. The van der Waals surface area contributed by atoms with Crippen LogP contribution in [-0.4, -0.2) is 58.6 Å². The van der Waals surface area contributed by atoms with Crippen LogP contribution in [0.1, 0.15) is 0 Å². The minimum Gasteiger partial charge on any atom is -0.294 e. The maximum atomic E-state index is 5.36. The normalized spacial score (nSPS) is 11.7. The molecule has 16 aromatic rings. The number of para-hydroxylation sites is 3. The second kappa shape index (κ2) is 18.7. The molecule has 0 aliphatic rings. The Kier molecular flexibility index (Phi) is 10.6. The number of nitrogens with zero attached hydrogens (tertiary/aromatic N) is 12. The predicted molar refractivity (Wildman–Crippen MR) is 322 cm³/mol. The van der Waals surface area contributed by atoms with Crippen molar-refractivity contribution in [2.75, 3.05) is 0 Å². The molecule has 12 nitrogen and oxygen atoms in total. The minimum atomic E-state index is 0.736. The van der Waals surface area contributed by atoms with Gasteiger partial charge in [-0.15, -0.1) is 0 Å². The van der Waals surface area contributed by atoms with E-state index in [1.54, 1.807) is 0 Å². The van der Waals surface area contributed by atoms with Crippen molar-refractivity contribution < 1.29 is 0 Å². The second-order valence-corrected chi connectivity index (χ2v) is 19.9. The van der Waals surface area contributed by atoms with Crippen LogP contribution < -0.4 is 0 Å². The Morgan fingerprint density at radius 3 is 0.790 bits per heavy atom. The van der Waals surface area contributed by atoms with E-state index >= 15 is 0 Å². The minimum absolute atomic E-state index is 0.736. The molecule has 0 amide bonds. The van der Waals surface area contributed by atoms with Crippen LogP contribution >= 0.6 is 0 Å². The summed E-state index contributed by atoms with van der Waals surface area (Å²) in [7, 11) is 0. The summed E-state index contributed by atoms with van der Waals surface area (Å²) in [5.41, 5.74) is 15.7. The Balaban J connectivity index is 0.818. The summed E-state index contributed by atoms with van der Waals surface area (Å²) >= 11 is 0. The van der Waals surface area contributed by atoms with Crippen LogP contribution in [0.2, 0.25) is 0 Å². The number of benzene rings is 4. The Bertz CT molecular complexity index is 4490. The molecule has 0 saturated heterocycles. The third-order valence-electron chi connectivity index (χ3n) is 15.2. The molecule has 0 radical (unpaired) electrons. The number of aromatic nitrogens is 12. The van der Waals surface area contributed by atoms with Crippen molar-refractivity contribution in [3.05, 3.63) is 256 Å². The Morgan fingerprint density at radius 1 is 0.210 bits per heavy atom. The zero-order valence-corrected chi connectivity index (χ0v) is 43.1. The largest absolute Gasteiger partial charge is 0.294 e. The van der Waals surface area contributed by atoms with Gasteiger partial charge in [0, 0.05) is 86.2 Å². The molecule has 0 saturated carbocycles. The van der Waals surface area contributed by atoms with Gasteiger partial charge in [0.1, 0.15) is 17.5 Å². The van der Waals surface area contributed by atoms with E-state index < -0.39 is 0 Å². The summed E-state index contributed by atoms with van der Waals surface area (Å²) in [6.45, 7) is 0. The lowest BCUT2D eigenvalue weighted by molar-refractivity contribution is 1.08. The first-order valence-electron chi connectivity index (χ1n) is 26.7. The molecular formula is C69H42N12. The average Bonchev–Trinajstić information content (AvgIpc) is 4.30. The van der Waals surface area contributed by atoms with Crippen LogP contribution in [0.4, 0.5) is 0 Å². The highest BCUT2D eigenvalue weighted by Gasteiger charge is 2.19. The molecule has 81 heavy (non-hydrogen) atoms. The van der Waals surface area contributed by atoms with Crippen LogP contribution in [0.15, 0.2) is 256 Å². The standard InChI is InChI=1S/C69H42N12/c1-4-25-61-46(13-1)49-40-70-34-31-64(49)79(61)67-28-10-22-58(76-67)55-19-7-16-52(73-55)43-37-44(53-17-8-20-56(74-53)59-23-11-29-68(77-59)80-62-26-5-2-14-47(62)50-41-71-35-32-65(50)80)39-45(38-43)54-18-9-21-57(75-54)60-24-12-30-69(78-60)81-63-27-6-3-15-48(63)51-42-72-36-33-66(51)81/h1-42H. The lowest BCUT2D eigenvalue weighted by Gasteiger charge is -2.13. The molecule has 0 N–H and O–H groups in total. The van der Waals surface area contributed by atoms with Crippen LogP contribution in [-0.2, 0) is 0 Å². The lowest BCUT2D eigenvalue weighted by Crippen LogP contribution is -2.00. The molecule has 12 heteroatoms. The molecule has 0 unspecified atom stereocenters. The fourth-order valence-corrected chi connectivity index (χ4v) is 11.5. The summed E-state index contributed by atoms with van der Waals surface area (Å²) in [5.74, 6) is 2.37. The van der Waals surface area contributed by atoms with E-state index in [1.165, 1.54) is 0 Å². The van der Waals surface area contributed by atoms with E-state index in [0.717, 1.165) is 151 Å². The summed E-state index contributed by atoms with van der Waals surface area (Å²) < 4.78 is 6.58. The molecule has 0 aliphatic carbocycles. The first kappa shape index (κ1) is 45.8. The smallest absolute Gasteiger partial charge is 0.138 e. The van der Waals surface area contributed by atoms with Crippen molar-refractivity contribution in [3.63, 3.8) is 0 Å². The van der Waals surface area contributed by atoms with Gasteiger partial charge in [0.25, 0.3) is 0 Å². The number of fused-ring (bicyclic) bond motifs is 9. The third-order valence-corrected chi connectivity index (χ3v) is 15.2. The van der Waals surface area contributed by atoms with E-state index in [4.69, 9.17) is 29.9 Å². The number of hydrogen-bond donors (Lipinski definition) is 0. The van der Waals surface area contributed by atoms with E-state index in [1.807, 2.05) is 165 Å². The van der Waals surface area contributed by atoms with E-state index in [2.05, 4.69) is 120 Å². The van der Waals surface area contributed by atoms with Gasteiger partial charge in [-0.25, -0.2) is 29.9 Å². The van der Waals surface area contributed by atoms with Crippen molar-refractivity contribution in [1.29, 1.82) is 0 Å².